The number of pyridine rings is 1. The van der Waals surface area contributed by atoms with Crippen LogP contribution in [0.5, 0.6) is 0 Å². The number of anilines is 1. The molecule has 112 valence electrons. The third kappa shape index (κ3) is 3.32. The van der Waals surface area contributed by atoms with E-state index in [2.05, 4.69) is 48.2 Å². The van der Waals surface area contributed by atoms with Gasteiger partial charge in [0.2, 0.25) is 0 Å². The van der Waals surface area contributed by atoms with E-state index in [1.807, 2.05) is 13.2 Å². The lowest BCUT2D eigenvalue weighted by Crippen LogP contribution is -2.39. The lowest BCUT2D eigenvalue weighted by Gasteiger charge is -2.37. The Balaban J connectivity index is 2.08. The van der Waals surface area contributed by atoms with Crippen molar-refractivity contribution in [3.8, 4) is 0 Å². The molecule has 0 aliphatic heterocycles. The molecule has 20 heavy (non-hydrogen) atoms. The maximum absolute atomic E-state index is 4.66. The third-order valence-corrected chi connectivity index (χ3v) is 4.86. The van der Waals surface area contributed by atoms with Crippen molar-refractivity contribution >= 4 is 5.69 Å². The lowest BCUT2D eigenvalue weighted by atomic mass is 9.85. The van der Waals surface area contributed by atoms with Crippen molar-refractivity contribution < 1.29 is 0 Å². The summed E-state index contributed by atoms with van der Waals surface area (Å²) in [7, 11) is 4.22. The minimum Gasteiger partial charge on any atom is -0.370 e. The van der Waals surface area contributed by atoms with Crippen molar-refractivity contribution in [2.24, 2.45) is 5.92 Å². The van der Waals surface area contributed by atoms with Crippen molar-refractivity contribution in [3.63, 3.8) is 0 Å². The summed E-state index contributed by atoms with van der Waals surface area (Å²) in [5.41, 5.74) is 2.39. The van der Waals surface area contributed by atoms with Crippen LogP contribution in [0.1, 0.15) is 57.7 Å². The quantitative estimate of drug-likeness (QED) is 0.886. The highest BCUT2D eigenvalue weighted by molar-refractivity contribution is 5.45. The van der Waals surface area contributed by atoms with Gasteiger partial charge in [0.15, 0.2) is 0 Å². The Morgan fingerprint density at radius 3 is 2.65 bits per heavy atom. The smallest absolute Gasteiger partial charge is 0.0574 e. The molecule has 0 aromatic carbocycles. The molecule has 1 aliphatic carbocycles. The van der Waals surface area contributed by atoms with E-state index in [0.717, 1.165) is 18.0 Å². The van der Waals surface area contributed by atoms with Gasteiger partial charge in [0.05, 0.1) is 17.6 Å². The molecular weight excluding hydrogens is 246 g/mol. The maximum atomic E-state index is 4.66. The van der Waals surface area contributed by atoms with E-state index < -0.39 is 0 Å². The van der Waals surface area contributed by atoms with Crippen LogP contribution in [-0.2, 0) is 0 Å². The number of nitrogens with one attached hydrogen (secondary N) is 1. The number of rotatable bonds is 5. The van der Waals surface area contributed by atoms with Crippen LogP contribution >= 0.6 is 0 Å². The second kappa shape index (κ2) is 7.07. The van der Waals surface area contributed by atoms with E-state index >= 15 is 0 Å². The highest BCUT2D eigenvalue weighted by atomic mass is 15.1. The summed E-state index contributed by atoms with van der Waals surface area (Å²) in [6.45, 7) is 4.57. The Kier molecular flexibility index (Phi) is 5.41. The Morgan fingerprint density at radius 2 is 2.10 bits per heavy atom. The molecule has 1 fully saturated rings. The van der Waals surface area contributed by atoms with Crippen LogP contribution in [0, 0.1) is 5.92 Å². The van der Waals surface area contributed by atoms with E-state index in [4.69, 9.17) is 0 Å². The van der Waals surface area contributed by atoms with Gasteiger partial charge in [0.1, 0.15) is 0 Å². The molecule has 1 heterocycles. The van der Waals surface area contributed by atoms with Crippen molar-refractivity contribution in [3.05, 3.63) is 24.0 Å². The van der Waals surface area contributed by atoms with Crippen molar-refractivity contribution in [2.45, 2.75) is 58.0 Å². The van der Waals surface area contributed by atoms with E-state index in [1.165, 1.54) is 31.4 Å². The van der Waals surface area contributed by atoms with E-state index in [1.54, 1.807) is 0 Å². The highest BCUT2D eigenvalue weighted by Crippen LogP contribution is 2.30. The van der Waals surface area contributed by atoms with Crippen LogP contribution in [0.15, 0.2) is 18.3 Å². The average molecular weight is 275 g/mol. The molecule has 3 atom stereocenters. The first-order chi connectivity index (χ1) is 9.67. The minimum atomic E-state index is 0.364. The summed E-state index contributed by atoms with van der Waals surface area (Å²) >= 11 is 0. The zero-order valence-electron chi connectivity index (χ0n) is 13.4. The first-order valence-electron chi connectivity index (χ1n) is 8.03. The molecule has 0 amide bonds. The summed E-state index contributed by atoms with van der Waals surface area (Å²) < 4.78 is 0. The minimum absolute atomic E-state index is 0.364. The van der Waals surface area contributed by atoms with E-state index in [9.17, 15) is 0 Å². The van der Waals surface area contributed by atoms with Gasteiger partial charge in [-0.25, -0.2) is 0 Å². The van der Waals surface area contributed by atoms with Gasteiger partial charge >= 0.3 is 0 Å². The van der Waals surface area contributed by atoms with Crippen LogP contribution in [-0.4, -0.2) is 25.1 Å². The summed E-state index contributed by atoms with van der Waals surface area (Å²) in [4.78, 5) is 7.09. The Labute approximate surface area is 123 Å². The molecule has 1 aromatic heterocycles. The lowest BCUT2D eigenvalue weighted by molar-refractivity contribution is 0.321. The van der Waals surface area contributed by atoms with Gasteiger partial charge in [-0.1, -0.05) is 26.7 Å². The van der Waals surface area contributed by atoms with Crippen LogP contribution in [0.2, 0.25) is 0 Å². The highest BCUT2D eigenvalue weighted by Gasteiger charge is 2.25. The predicted molar refractivity (Wildman–Crippen MR) is 86.2 cm³/mol. The second-order valence-corrected chi connectivity index (χ2v) is 6.13. The molecule has 3 unspecified atom stereocenters. The van der Waals surface area contributed by atoms with Gasteiger partial charge in [-0.05, 0) is 44.4 Å². The molecule has 0 bridgehead atoms. The van der Waals surface area contributed by atoms with Gasteiger partial charge in [0.25, 0.3) is 0 Å². The number of nitrogens with zero attached hydrogens (tertiary/aromatic N) is 2. The maximum Gasteiger partial charge on any atom is 0.0574 e. The van der Waals surface area contributed by atoms with E-state index in [-0.39, 0.29) is 0 Å². The number of hydrogen-bond donors (Lipinski definition) is 1. The second-order valence-electron chi connectivity index (χ2n) is 6.13. The zero-order chi connectivity index (χ0) is 14.5. The molecule has 0 spiro atoms. The molecule has 3 nitrogen and oxygen atoms in total. The molecule has 1 aromatic rings. The Hall–Kier alpha value is -1.09. The summed E-state index contributed by atoms with van der Waals surface area (Å²) in [5, 5.41) is 3.31. The Bertz CT molecular complexity index is 397. The SMILES string of the molecule is CCC(NC)c1ccc(N(C)C2CCCCC2C)cn1. The summed E-state index contributed by atoms with van der Waals surface area (Å²) in [6, 6.07) is 5.43. The van der Waals surface area contributed by atoms with E-state index in [0.29, 0.717) is 12.1 Å². The van der Waals surface area contributed by atoms with Crippen molar-refractivity contribution in [1.82, 2.24) is 10.3 Å². The van der Waals surface area contributed by atoms with Gasteiger partial charge in [-0.3, -0.25) is 4.98 Å². The molecule has 2 rings (SSSR count). The monoisotopic (exact) mass is 275 g/mol. The molecule has 0 radical (unpaired) electrons. The molecule has 1 saturated carbocycles. The van der Waals surface area contributed by atoms with Crippen molar-refractivity contribution in [2.75, 3.05) is 19.0 Å². The van der Waals surface area contributed by atoms with Gasteiger partial charge in [0, 0.05) is 19.1 Å². The summed E-state index contributed by atoms with van der Waals surface area (Å²) in [6.07, 6.45) is 8.53. The fourth-order valence-electron chi connectivity index (χ4n) is 3.44. The molecule has 1 N–H and O–H groups in total. The Morgan fingerprint density at radius 1 is 1.35 bits per heavy atom. The fourth-order valence-corrected chi connectivity index (χ4v) is 3.44. The number of hydrogen-bond acceptors (Lipinski definition) is 3. The van der Waals surface area contributed by atoms with Crippen LogP contribution in [0.4, 0.5) is 5.69 Å². The topological polar surface area (TPSA) is 28.2 Å². The van der Waals surface area contributed by atoms with Gasteiger partial charge in [-0.2, -0.15) is 0 Å². The summed E-state index contributed by atoms with van der Waals surface area (Å²) in [5.74, 6) is 0.786. The molecule has 0 saturated heterocycles. The zero-order valence-corrected chi connectivity index (χ0v) is 13.4. The molecule has 1 aliphatic rings. The largest absolute Gasteiger partial charge is 0.370 e. The first kappa shape index (κ1) is 15.3. The van der Waals surface area contributed by atoms with Crippen molar-refractivity contribution in [1.29, 1.82) is 0 Å². The average Bonchev–Trinajstić information content (AvgIpc) is 2.49. The standard InChI is InChI=1S/C17H29N3/c1-5-15(18-3)16-11-10-14(12-19-16)20(4)17-9-7-6-8-13(17)2/h10-13,15,17-18H,5-9H2,1-4H3. The van der Waals surface area contributed by atoms with Gasteiger partial charge < -0.3 is 10.2 Å². The first-order valence-corrected chi connectivity index (χ1v) is 8.03. The third-order valence-electron chi connectivity index (χ3n) is 4.86. The predicted octanol–water partition coefficient (Wildman–Crippen LogP) is 3.77. The van der Waals surface area contributed by atoms with Crippen LogP contribution < -0.4 is 10.2 Å². The molecular formula is C17H29N3. The van der Waals surface area contributed by atoms with Gasteiger partial charge in [-0.15, -0.1) is 0 Å². The normalized spacial score (nSPS) is 24.4. The number of aromatic nitrogens is 1. The van der Waals surface area contributed by atoms with Crippen LogP contribution in [0.3, 0.4) is 0 Å². The van der Waals surface area contributed by atoms with Crippen LogP contribution in [0.25, 0.3) is 0 Å². The molecule has 3 heteroatoms. The fraction of sp³-hybridized carbons (Fsp3) is 0.706.